The zero-order valence-corrected chi connectivity index (χ0v) is 10.2. The number of carbonyl (C=O) groups excluding carboxylic acids is 1. The van der Waals surface area contributed by atoms with Gasteiger partial charge in [-0.2, -0.15) is 0 Å². The van der Waals surface area contributed by atoms with Crippen LogP contribution in [0.4, 0.5) is 4.79 Å². The highest BCUT2D eigenvalue weighted by Gasteiger charge is 2.18. The maximum absolute atomic E-state index is 11.4. The van der Waals surface area contributed by atoms with Crippen molar-refractivity contribution in [3.05, 3.63) is 22.4 Å². The smallest absolute Gasteiger partial charge is 0.315 e. The van der Waals surface area contributed by atoms with Gasteiger partial charge in [0, 0.05) is 11.4 Å². The summed E-state index contributed by atoms with van der Waals surface area (Å²) in [5, 5.41) is 7.76. The Morgan fingerprint density at radius 3 is 2.73 bits per heavy atom. The number of hydrogen-bond acceptors (Lipinski definition) is 2. The van der Waals surface area contributed by atoms with Crippen LogP contribution in [0.5, 0.6) is 0 Å². The monoisotopic (exact) mass is 226 g/mol. The van der Waals surface area contributed by atoms with Gasteiger partial charge in [0.15, 0.2) is 0 Å². The third-order valence-electron chi connectivity index (χ3n) is 2.14. The molecule has 0 spiro atoms. The van der Waals surface area contributed by atoms with E-state index in [1.165, 1.54) is 4.88 Å². The Labute approximate surface area is 94.9 Å². The van der Waals surface area contributed by atoms with Crippen molar-refractivity contribution in [2.45, 2.75) is 26.8 Å². The number of thiophene rings is 1. The molecule has 0 saturated carbocycles. The fraction of sp³-hybridized carbons (Fsp3) is 0.545. The van der Waals surface area contributed by atoms with Crippen LogP contribution in [0.3, 0.4) is 0 Å². The molecule has 0 aliphatic heterocycles. The van der Waals surface area contributed by atoms with Crippen LogP contribution in [-0.2, 0) is 0 Å². The van der Waals surface area contributed by atoms with Gasteiger partial charge < -0.3 is 10.6 Å². The topological polar surface area (TPSA) is 41.1 Å². The molecule has 1 unspecified atom stereocenters. The molecule has 0 aromatic carbocycles. The average Bonchev–Trinajstić information content (AvgIpc) is 2.66. The first kappa shape index (κ1) is 12.0. The van der Waals surface area contributed by atoms with Gasteiger partial charge in [-0.15, -0.1) is 11.3 Å². The minimum Gasteiger partial charge on any atom is -0.338 e. The highest BCUT2D eigenvalue weighted by Crippen LogP contribution is 2.25. The highest BCUT2D eigenvalue weighted by molar-refractivity contribution is 7.10. The van der Waals surface area contributed by atoms with Crippen molar-refractivity contribution in [3.8, 4) is 0 Å². The molecule has 2 amide bonds. The Morgan fingerprint density at radius 2 is 2.27 bits per heavy atom. The predicted octanol–water partition coefficient (Wildman–Crippen LogP) is 2.76. The second-order valence-electron chi connectivity index (χ2n) is 3.74. The van der Waals surface area contributed by atoms with Crippen molar-refractivity contribution in [2.75, 3.05) is 6.54 Å². The molecule has 1 rings (SSSR count). The number of carbonyl (C=O) groups is 1. The zero-order valence-electron chi connectivity index (χ0n) is 9.41. The molecule has 1 heterocycles. The third kappa shape index (κ3) is 3.55. The number of nitrogens with one attached hydrogen (secondary N) is 2. The summed E-state index contributed by atoms with van der Waals surface area (Å²) in [4.78, 5) is 12.6. The summed E-state index contributed by atoms with van der Waals surface area (Å²) in [6.07, 6.45) is 0. The molecule has 0 aliphatic carbocycles. The second-order valence-corrected chi connectivity index (χ2v) is 4.72. The Kier molecular flexibility index (Phi) is 4.62. The lowest BCUT2D eigenvalue weighted by Crippen LogP contribution is -2.39. The molecule has 0 radical (unpaired) electrons. The van der Waals surface area contributed by atoms with Crippen molar-refractivity contribution >= 4 is 17.4 Å². The molecular weight excluding hydrogens is 208 g/mol. The molecule has 2 N–H and O–H groups in total. The highest BCUT2D eigenvalue weighted by atomic mass is 32.1. The van der Waals surface area contributed by atoms with E-state index in [1.54, 1.807) is 11.3 Å². The molecule has 3 nitrogen and oxygen atoms in total. The summed E-state index contributed by atoms with van der Waals surface area (Å²) in [6.45, 7) is 6.78. The van der Waals surface area contributed by atoms with E-state index in [1.807, 2.05) is 18.4 Å². The Hall–Kier alpha value is -1.03. The van der Waals surface area contributed by atoms with Gasteiger partial charge in [0.25, 0.3) is 0 Å². The van der Waals surface area contributed by atoms with E-state index in [9.17, 15) is 4.79 Å². The largest absolute Gasteiger partial charge is 0.338 e. The molecule has 0 aliphatic rings. The van der Waals surface area contributed by atoms with Gasteiger partial charge in [-0.1, -0.05) is 19.9 Å². The number of urea groups is 1. The Bertz CT molecular complexity index is 296. The lowest BCUT2D eigenvalue weighted by atomic mass is 10.0. The molecule has 1 aromatic heterocycles. The Morgan fingerprint density at radius 1 is 1.53 bits per heavy atom. The summed E-state index contributed by atoms with van der Waals surface area (Å²) in [6, 6.07) is 4.08. The van der Waals surface area contributed by atoms with Crippen LogP contribution in [0.1, 0.15) is 31.7 Å². The standard InChI is InChI=1S/C11H18N2OS/c1-4-12-11(14)13-10(8(2)3)9-6-5-7-15-9/h5-8,10H,4H2,1-3H3,(H2,12,13,14). The van der Waals surface area contributed by atoms with E-state index >= 15 is 0 Å². The lowest BCUT2D eigenvalue weighted by Gasteiger charge is -2.21. The number of hydrogen-bond donors (Lipinski definition) is 2. The number of rotatable bonds is 4. The lowest BCUT2D eigenvalue weighted by molar-refractivity contribution is 0.234. The normalized spacial score (nSPS) is 12.5. The first-order chi connectivity index (χ1) is 7.15. The summed E-state index contributed by atoms with van der Waals surface area (Å²) in [7, 11) is 0. The van der Waals surface area contributed by atoms with Crippen molar-refractivity contribution in [2.24, 2.45) is 5.92 Å². The fourth-order valence-corrected chi connectivity index (χ4v) is 2.34. The molecule has 0 saturated heterocycles. The van der Waals surface area contributed by atoms with E-state index in [2.05, 4.69) is 30.5 Å². The SMILES string of the molecule is CCNC(=O)NC(c1cccs1)C(C)C. The predicted molar refractivity (Wildman–Crippen MR) is 64.1 cm³/mol. The molecule has 1 atom stereocenters. The van der Waals surface area contributed by atoms with Crippen molar-refractivity contribution < 1.29 is 4.79 Å². The molecule has 0 bridgehead atoms. The van der Waals surface area contributed by atoms with Gasteiger partial charge in [0.05, 0.1) is 6.04 Å². The maximum atomic E-state index is 11.4. The second kappa shape index (κ2) is 5.75. The van der Waals surface area contributed by atoms with Crippen LogP contribution in [0.2, 0.25) is 0 Å². The van der Waals surface area contributed by atoms with Crippen LogP contribution in [-0.4, -0.2) is 12.6 Å². The minimum absolute atomic E-state index is 0.0930. The summed E-state index contributed by atoms with van der Waals surface area (Å²) >= 11 is 1.68. The summed E-state index contributed by atoms with van der Waals surface area (Å²) < 4.78 is 0. The van der Waals surface area contributed by atoms with Gasteiger partial charge in [-0.3, -0.25) is 0 Å². The van der Waals surface area contributed by atoms with Gasteiger partial charge >= 0.3 is 6.03 Å². The quantitative estimate of drug-likeness (QED) is 0.814. The van der Waals surface area contributed by atoms with Gasteiger partial charge in [0.2, 0.25) is 0 Å². The van der Waals surface area contributed by atoms with Gasteiger partial charge in [-0.05, 0) is 24.3 Å². The van der Waals surface area contributed by atoms with Crippen LogP contribution in [0.15, 0.2) is 17.5 Å². The third-order valence-corrected chi connectivity index (χ3v) is 3.10. The zero-order chi connectivity index (χ0) is 11.3. The van der Waals surface area contributed by atoms with Crippen LogP contribution in [0.25, 0.3) is 0 Å². The van der Waals surface area contributed by atoms with Gasteiger partial charge in [0.1, 0.15) is 0 Å². The van der Waals surface area contributed by atoms with Crippen molar-refractivity contribution in [1.29, 1.82) is 0 Å². The molecule has 1 aromatic rings. The van der Waals surface area contributed by atoms with Crippen molar-refractivity contribution in [3.63, 3.8) is 0 Å². The van der Waals surface area contributed by atoms with E-state index < -0.39 is 0 Å². The van der Waals surface area contributed by atoms with E-state index in [0.29, 0.717) is 12.5 Å². The van der Waals surface area contributed by atoms with E-state index in [0.717, 1.165) is 0 Å². The van der Waals surface area contributed by atoms with Gasteiger partial charge in [-0.25, -0.2) is 4.79 Å². The Balaban J connectivity index is 2.64. The summed E-state index contributed by atoms with van der Waals surface area (Å²) in [5.41, 5.74) is 0. The van der Waals surface area contributed by atoms with Crippen LogP contribution in [0, 0.1) is 5.92 Å². The molecule has 15 heavy (non-hydrogen) atoms. The van der Waals surface area contributed by atoms with E-state index in [4.69, 9.17) is 0 Å². The molecule has 0 fully saturated rings. The number of amides is 2. The average molecular weight is 226 g/mol. The maximum Gasteiger partial charge on any atom is 0.315 e. The first-order valence-corrected chi connectivity index (χ1v) is 6.10. The van der Waals surface area contributed by atoms with Crippen molar-refractivity contribution in [1.82, 2.24) is 10.6 Å². The fourth-order valence-electron chi connectivity index (χ4n) is 1.39. The van der Waals surface area contributed by atoms with Crippen LogP contribution < -0.4 is 10.6 Å². The van der Waals surface area contributed by atoms with Crippen LogP contribution >= 0.6 is 11.3 Å². The first-order valence-electron chi connectivity index (χ1n) is 5.23. The molecular formula is C11H18N2OS. The van der Waals surface area contributed by atoms with E-state index in [-0.39, 0.29) is 12.1 Å². The molecule has 84 valence electrons. The molecule has 4 heteroatoms. The minimum atomic E-state index is -0.0930. The summed E-state index contributed by atoms with van der Waals surface area (Å²) in [5.74, 6) is 0.395.